The monoisotopic (exact) mass is 100 g/mol. The van der Waals surface area contributed by atoms with Crippen molar-refractivity contribution in [2.24, 2.45) is 0 Å². The van der Waals surface area contributed by atoms with E-state index < -0.39 is 0 Å². The Labute approximate surface area is 44.3 Å². The molecule has 40 valence electrons. The zero-order valence-corrected chi connectivity index (χ0v) is 4.89. The Morgan fingerprint density at radius 3 is 2.14 bits per heavy atom. The van der Waals surface area contributed by atoms with Gasteiger partial charge in [-0.15, -0.1) is 0 Å². The van der Waals surface area contributed by atoms with Crippen molar-refractivity contribution in [1.82, 2.24) is 0 Å². The Morgan fingerprint density at radius 2 is 2.14 bits per heavy atom. The molecule has 0 amide bonds. The third-order valence-corrected chi connectivity index (χ3v) is 0.402. The molecule has 0 saturated carbocycles. The van der Waals surface area contributed by atoms with Crippen molar-refractivity contribution in [2.45, 2.75) is 20.0 Å². The lowest BCUT2D eigenvalue weighted by molar-refractivity contribution is 0.141. The van der Waals surface area contributed by atoms with Crippen LogP contribution in [0.15, 0.2) is 0 Å². The Bertz CT molecular complexity index is 70.1. The maximum absolute atomic E-state index is 10.0. The third-order valence-electron chi connectivity index (χ3n) is 0.402. The summed E-state index contributed by atoms with van der Waals surface area (Å²) in [6.07, 6.45) is 0.0255. The van der Waals surface area contributed by atoms with Gasteiger partial charge in [-0.3, -0.25) is 4.79 Å². The number of hydrogen-bond acceptors (Lipinski definition) is 2. The predicted octanol–water partition coefficient (Wildman–Crippen LogP) is 0.164. The molecule has 0 N–H and O–H groups in total. The highest BCUT2D eigenvalue weighted by Gasteiger charge is 1.93. The molecule has 0 aromatic carbocycles. The highest BCUT2D eigenvalue weighted by molar-refractivity contribution is 6.55. The second kappa shape index (κ2) is 2.67. The van der Waals surface area contributed by atoms with Crippen molar-refractivity contribution in [1.29, 1.82) is 0 Å². The summed E-state index contributed by atoms with van der Waals surface area (Å²) < 4.78 is 4.61. The zero-order chi connectivity index (χ0) is 5.86. The van der Waals surface area contributed by atoms with Crippen LogP contribution in [-0.2, 0) is 4.74 Å². The molecule has 0 fully saturated rings. The van der Waals surface area contributed by atoms with Crippen LogP contribution in [0.1, 0.15) is 13.8 Å². The normalized spacial score (nSPS) is 9.00. The molecule has 0 aromatic heterocycles. The molecule has 0 rings (SSSR count). The summed E-state index contributed by atoms with van der Waals surface area (Å²) >= 11 is 0. The SMILES string of the molecule is BC(=O)OC(C)C. The first-order valence-electron chi connectivity index (χ1n) is 2.30. The van der Waals surface area contributed by atoms with Gasteiger partial charge in [0.25, 0.3) is 0 Å². The van der Waals surface area contributed by atoms with Gasteiger partial charge < -0.3 is 4.74 Å². The molecule has 0 aliphatic heterocycles. The summed E-state index contributed by atoms with van der Waals surface area (Å²) in [6.45, 7) is 3.64. The van der Waals surface area contributed by atoms with Gasteiger partial charge in [0.15, 0.2) is 0 Å². The minimum atomic E-state index is -0.213. The molecule has 2 nitrogen and oxygen atoms in total. The first-order valence-corrected chi connectivity index (χ1v) is 2.30. The number of ether oxygens (including phenoxy) is 1. The standard InChI is InChI=1S/C4H9BO2/c1-3(2)7-4(5)6/h3H,5H2,1-2H3. The Morgan fingerprint density at radius 1 is 1.71 bits per heavy atom. The summed E-state index contributed by atoms with van der Waals surface area (Å²) in [7, 11) is 1.40. The number of hydrogen-bond donors (Lipinski definition) is 0. The quantitative estimate of drug-likeness (QED) is 0.439. The van der Waals surface area contributed by atoms with E-state index in [9.17, 15) is 4.79 Å². The molecule has 0 bridgehead atoms. The molecule has 3 heteroatoms. The fourth-order valence-electron chi connectivity index (χ4n) is 0.332. The molecule has 0 spiro atoms. The Hall–Kier alpha value is -0.465. The lowest BCUT2D eigenvalue weighted by atomic mass is 10.2. The van der Waals surface area contributed by atoms with Gasteiger partial charge in [-0.2, -0.15) is 0 Å². The average molecular weight is 99.9 g/mol. The predicted molar refractivity (Wildman–Crippen MR) is 30.2 cm³/mol. The Balaban J connectivity index is 3.13. The zero-order valence-electron chi connectivity index (χ0n) is 4.89. The fourth-order valence-corrected chi connectivity index (χ4v) is 0.332. The lowest BCUT2D eigenvalue weighted by Crippen LogP contribution is -2.08. The smallest absolute Gasteiger partial charge is 0.243 e. The van der Waals surface area contributed by atoms with Crippen LogP contribution < -0.4 is 0 Å². The maximum Gasteiger partial charge on any atom is 0.243 e. The summed E-state index contributed by atoms with van der Waals surface area (Å²) in [5.41, 5.74) is 0. The second-order valence-corrected chi connectivity index (χ2v) is 1.66. The third kappa shape index (κ3) is 5.53. The van der Waals surface area contributed by atoms with Crippen molar-refractivity contribution < 1.29 is 9.53 Å². The first kappa shape index (κ1) is 6.53. The Kier molecular flexibility index (Phi) is 2.49. The second-order valence-electron chi connectivity index (χ2n) is 1.66. The van der Waals surface area contributed by atoms with Crippen LogP contribution in [0.25, 0.3) is 0 Å². The molecular formula is C4H9BO2. The molecule has 0 saturated heterocycles. The van der Waals surface area contributed by atoms with Gasteiger partial charge in [0.1, 0.15) is 0 Å². The van der Waals surface area contributed by atoms with E-state index in [2.05, 4.69) is 4.74 Å². The molecule has 0 radical (unpaired) electrons. The van der Waals surface area contributed by atoms with Crippen molar-refractivity contribution in [3.63, 3.8) is 0 Å². The molecule has 0 unspecified atom stereocenters. The number of carbonyl (C=O) groups excluding carboxylic acids is 1. The van der Waals surface area contributed by atoms with Crippen LogP contribution in [0.3, 0.4) is 0 Å². The summed E-state index contributed by atoms with van der Waals surface area (Å²) in [6, 6.07) is 0. The van der Waals surface area contributed by atoms with Gasteiger partial charge in [0, 0.05) is 0 Å². The summed E-state index contributed by atoms with van der Waals surface area (Å²) in [5, 5.41) is 0. The topological polar surface area (TPSA) is 26.3 Å². The largest absolute Gasteiger partial charge is 0.471 e. The molecule has 0 atom stereocenters. The van der Waals surface area contributed by atoms with Crippen LogP contribution in [0.4, 0.5) is 4.79 Å². The molecule has 0 heterocycles. The van der Waals surface area contributed by atoms with E-state index in [-0.39, 0.29) is 12.0 Å². The van der Waals surface area contributed by atoms with E-state index in [0.717, 1.165) is 0 Å². The van der Waals surface area contributed by atoms with Crippen LogP contribution >= 0.6 is 0 Å². The fraction of sp³-hybridized carbons (Fsp3) is 0.750. The lowest BCUT2D eigenvalue weighted by Gasteiger charge is -2.02. The highest BCUT2D eigenvalue weighted by atomic mass is 16.5. The van der Waals surface area contributed by atoms with Crippen molar-refractivity contribution in [3.05, 3.63) is 0 Å². The van der Waals surface area contributed by atoms with Crippen molar-refractivity contribution >= 4 is 13.7 Å². The van der Waals surface area contributed by atoms with E-state index >= 15 is 0 Å². The maximum atomic E-state index is 10.0. The summed E-state index contributed by atoms with van der Waals surface area (Å²) in [5.74, 6) is -0.213. The number of rotatable bonds is 1. The van der Waals surface area contributed by atoms with Crippen LogP contribution in [0.2, 0.25) is 0 Å². The van der Waals surface area contributed by atoms with Crippen LogP contribution in [0, 0.1) is 0 Å². The van der Waals surface area contributed by atoms with Gasteiger partial charge in [0.2, 0.25) is 13.7 Å². The van der Waals surface area contributed by atoms with Crippen molar-refractivity contribution in [2.75, 3.05) is 0 Å². The minimum Gasteiger partial charge on any atom is -0.471 e. The van der Waals surface area contributed by atoms with Gasteiger partial charge >= 0.3 is 0 Å². The van der Waals surface area contributed by atoms with Gasteiger partial charge in [-0.05, 0) is 13.8 Å². The number of carbonyl (C=O) groups is 1. The molecule has 7 heavy (non-hydrogen) atoms. The summed E-state index contributed by atoms with van der Waals surface area (Å²) in [4.78, 5) is 10.0. The molecule has 0 aliphatic carbocycles. The van der Waals surface area contributed by atoms with Crippen LogP contribution in [0.5, 0.6) is 0 Å². The van der Waals surface area contributed by atoms with E-state index in [4.69, 9.17) is 0 Å². The first-order chi connectivity index (χ1) is 3.13. The van der Waals surface area contributed by atoms with E-state index in [1.807, 2.05) is 13.8 Å². The van der Waals surface area contributed by atoms with Crippen LogP contribution in [-0.4, -0.2) is 19.8 Å². The van der Waals surface area contributed by atoms with Gasteiger partial charge in [0.05, 0.1) is 6.10 Å². The van der Waals surface area contributed by atoms with Gasteiger partial charge in [-0.1, -0.05) is 0 Å². The van der Waals surface area contributed by atoms with E-state index in [1.54, 1.807) is 0 Å². The van der Waals surface area contributed by atoms with E-state index in [0.29, 0.717) is 0 Å². The van der Waals surface area contributed by atoms with E-state index in [1.165, 1.54) is 7.85 Å². The van der Waals surface area contributed by atoms with Crippen molar-refractivity contribution in [3.8, 4) is 0 Å². The molecular weight excluding hydrogens is 90.9 g/mol. The molecule has 0 aromatic rings. The average Bonchev–Trinajstić information content (AvgIpc) is 1.27. The molecule has 0 aliphatic rings. The highest BCUT2D eigenvalue weighted by Crippen LogP contribution is 1.85. The van der Waals surface area contributed by atoms with Gasteiger partial charge in [-0.25, -0.2) is 0 Å². The minimum absolute atomic E-state index is 0.0255.